The summed E-state index contributed by atoms with van der Waals surface area (Å²) in [6.45, 7) is 5.04. The predicted molar refractivity (Wildman–Crippen MR) is 49.7 cm³/mol. The Morgan fingerprint density at radius 2 is 2.25 bits per heavy atom. The van der Waals surface area contributed by atoms with E-state index < -0.39 is 0 Å². The summed E-state index contributed by atoms with van der Waals surface area (Å²) < 4.78 is 2.04. The molecule has 0 fully saturated rings. The van der Waals surface area contributed by atoms with Crippen molar-refractivity contribution in [1.29, 1.82) is 0 Å². The van der Waals surface area contributed by atoms with Crippen molar-refractivity contribution in [2.45, 2.75) is 20.3 Å². The van der Waals surface area contributed by atoms with Gasteiger partial charge in [-0.3, -0.25) is 0 Å². The van der Waals surface area contributed by atoms with E-state index in [1.54, 1.807) is 0 Å². The summed E-state index contributed by atoms with van der Waals surface area (Å²) in [6, 6.07) is 0. The van der Waals surface area contributed by atoms with Gasteiger partial charge in [-0.15, -0.1) is 0 Å². The molecule has 3 nitrogen and oxygen atoms in total. The van der Waals surface area contributed by atoms with Gasteiger partial charge in [-0.05, 0) is 18.4 Å². The monoisotopic (exact) mass is 167 g/mol. The van der Waals surface area contributed by atoms with E-state index in [0.29, 0.717) is 6.54 Å². The number of hydrogen-bond donors (Lipinski definition) is 1. The molecular formula is C9H17N3. The van der Waals surface area contributed by atoms with Crippen LogP contribution in [0.1, 0.15) is 19.5 Å². The molecule has 0 radical (unpaired) electrons. The molecule has 0 aliphatic carbocycles. The fourth-order valence-electron chi connectivity index (χ4n) is 1.12. The van der Waals surface area contributed by atoms with Crippen molar-refractivity contribution >= 4 is 0 Å². The zero-order valence-corrected chi connectivity index (χ0v) is 8.04. The summed E-state index contributed by atoms with van der Waals surface area (Å²) >= 11 is 0. The highest BCUT2D eigenvalue weighted by Crippen LogP contribution is 2.19. The van der Waals surface area contributed by atoms with Gasteiger partial charge in [-0.1, -0.05) is 13.8 Å². The molecule has 0 bridgehead atoms. The predicted octanol–water partition coefficient (Wildman–Crippen LogP) is 0.948. The molecular weight excluding hydrogens is 150 g/mol. The second-order valence-corrected chi connectivity index (χ2v) is 4.04. The van der Waals surface area contributed by atoms with Gasteiger partial charge in [0, 0.05) is 18.9 Å². The molecule has 0 spiro atoms. The van der Waals surface area contributed by atoms with E-state index in [9.17, 15) is 0 Å². The van der Waals surface area contributed by atoms with Gasteiger partial charge in [-0.2, -0.15) is 0 Å². The van der Waals surface area contributed by atoms with Crippen LogP contribution in [-0.2, 0) is 13.5 Å². The molecule has 0 aliphatic rings. The van der Waals surface area contributed by atoms with Crippen molar-refractivity contribution in [3.05, 3.63) is 18.2 Å². The summed E-state index contributed by atoms with van der Waals surface area (Å²) in [5, 5.41) is 0. The minimum atomic E-state index is 0.174. The van der Waals surface area contributed by atoms with E-state index in [2.05, 4.69) is 18.8 Å². The maximum atomic E-state index is 5.64. The highest BCUT2D eigenvalue weighted by atomic mass is 15.0. The molecule has 0 saturated carbocycles. The summed E-state index contributed by atoms with van der Waals surface area (Å²) in [7, 11) is 2.01. The Bertz CT molecular complexity index is 250. The van der Waals surface area contributed by atoms with Gasteiger partial charge in [-0.25, -0.2) is 4.98 Å². The molecule has 2 N–H and O–H groups in total. The lowest BCUT2D eigenvalue weighted by molar-refractivity contribution is 0.368. The lowest BCUT2D eigenvalue weighted by atomic mass is 9.88. The van der Waals surface area contributed by atoms with E-state index in [0.717, 1.165) is 6.42 Å². The van der Waals surface area contributed by atoms with Gasteiger partial charge in [0.25, 0.3) is 0 Å². The SMILES string of the molecule is Cn1cncc1CC(C)(C)CN. The van der Waals surface area contributed by atoms with E-state index in [1.165, 1.54) is 5.69 Å². The number of nitrogens with two attached hydrogens (primary N) is 1. The number of aromatic nitrogens is 2. The first-order chi connectivity index (χ1) is 5.55. The molecule has 1 heterocycles. The van der Waals surface area contributed by atoms with Crippen LogP contribution in [0, 0.1) is 5.41 Å². The number of rotatable bonds is 3. The van der Waals surface area contributed by atoms with Gasteiger partial charge in [0.1, 0.15) is 0 Å². The van der Waals surface area contributed by atoms with Crippen LogP contribution in [0.2, 0.25) is 0 Å². The van der Waals surface area contributed by atoms with Crippen molar-refractivity contribution in [3.8, 4) is 0 Å². The minimum Gasteiger partial charge on any atom is -0.338 e. The second-order valence-electron chi connectivity index (χ2n) is 4.04. The van der Waals surface area contributed by atoms with E-state index >= 15 is 0 Å². The van der Waals surface area contributed by atoms with Crippen LogP contribution in [-0.4, -0.2) is 16.1 Å². The standard InChI is InChI=1S/C9H17N3/c1-9(2,6-10)4-8-5-11-7-12(8)3/h5,7H,4,6,10H2,1-3H3. The molecule has 0 unspecified atom stereocenters. The van der Waals surface area contributed by atoms with Gasteiger partial charge in [0.15, 0.2) is 0 Å². The van der Waals surface area contributed by atoms with Crippen LogP contribution in [0.4, 0.5) is 0 Å². The Kier molecular flexibility index (Phi) is 2.52. The zero-order valence-electron chi connectivity index (χ0n) is 8.04. The van der Waals surface area contributed by atoms with Gasteiger partial charge >= 0.3 is 0 Å². The van der Waals surface area contributed by atoms with Crippen LogP contribution >= 0.6 is 0 Å². The molecule has 1 aromatic rings. The first kappa shape index (κ1) is 9.26. The zero-order chi connectivity index (χ0) is 9.19. The maximum Gasteiger partial charge on any atom is 0.0945 e. The van der Waals surface area contributed by atoms with Gasteiger partial charge < -0.3 is 10.3 Å². The van der Waals surface area contributed by atoms with E-state index in [4.69, 9.17) is 5.73 Å². The van der Waals surface area contributed by atoms with Crippen molar-refractivity contribution in [3.63, 3.8) is 0 Å². The second kappa shape index (κ2) is 3.27. The lowest BCUT2D eigenvalue weighted by Crippen LogP contribution is -2.26. The first-order valence-electron chi connectivity index (χ1n) is 4.20. The Hall–Kier alpha value is -0.830. The van der Waals surface area contributed by atoms with Crippen molar-refractivity contribution in [1.82, 2.24) is 9.55 Å². The average molecular weight is 167 g/mol. The number of aryl methyl sites for hydroxylation is 1. The molecule has 0 aliphatic heterocycles. The summed E-state index contributed by atoms with van der Waals surface area (Å²) in [6.07, 6.45) is 4.71. The molecule has 1 aromatic heterocycles. The molecule has 0 amide bonds. The topological polar surface area (TPSA) is 43.8 Å². The van der Waals surface area contributed by atoms with Crippen LogP contribution in [0.15, 0.2) is 12.5 Å². The molecule has 0 atom stereocenters. The fraction of sp³-hybridized carbons (Fsp3) is 0.667. The molecule has 12 heavy (non-hydrogen) atoms. The van der Waals surface area contributed by atoms with Crippen molar-refractivity contribution in [2.24, 2.45) is 18.2 Å². The molecule has 68 valence electrons. The quantitative estimate of drug-likeness (QED) is 0.728. The van der Waals surface area contributed by atoms with Crippen LogP contribution < -0.4 is 5.73 Å². The Labute approximate surface area is 73.6 Å². The Morgan fingerprint density at radius 3 is 2.67 bits per heavy atom. The molecule has 3 heteroatoms. The summed E-state index contributed by atoms with van der Waals surface area (Å²) in [5.74, 6) is 0. The Balaban J connectivity index is 2.70. The molecule has 0 saturated heterocycles. The minimum absolute atomic E-state index is 0.174. The third-order valence-electron chi connectivity index (χ3n) is 2.13. The van der Waals surface area contributed by atoms with Crippen LogP contribution in [0.3, 0.4) is 0 Å². The largest absolute Gasteiger partial charge is 0.338 e. The number of nitrogens with zero attached hydrogens (tertiary/aromatic N) is 2. The molecule has 1 rings (SSSR count). The number of hydrogen-bond acceptors (Lipinski definition) is 2. The maximum absolute atomic E-state index is 5.64. The summed E-state index contributed by atoms with van der Waals surface area (Å²) in [5.41, 5.74) is 7.06. The van der Waals surface area contributed by atoms with Gasteiger partial charge in [0.2, 0.25) is 0 Å². The highest BCUT2D eigenvalue weighted by Gasteiger charge is 2.17. The summed E-state index contributed by atoms with van der Waals surface area (Å²) in [4.78, 5) is 4.06. The van der Waals surface area contributed by atoms with Crippen LogP contribution in [0.5, 0.6) is 0 Å². The first-order valence-corrected chi connectivity index (χ1v) is 4.20. The smallest absolute Gasteiger partial charge is 0.0945 e. The third-order valence-corrected chi connectivity index (χ3v) is 2.13. The lowest BCUT2D eigenvalue weighted by Gasteiger charge is -2.21. The molecule has 0 aromatic carbocycles. The normalized spacial score (nSPS) is 12.0. The Morgan fingerprint density at radius 1 is 1.58 bits per heavy atom. The number of imidazole rings is 1. The van der Waals surface area contributed by atoms with Crippen molar-refractivity contribution < 1.29 is 0 Å². The average Bonchev–Trinajstić information content (AvgIpc) is 2.36. The van der Waals surface area contributed by atoms with Crippen LogP contribution in [0.25, 0.3) is 0 Å². The van der Waals surface area contributed by atoms with E-state index in [1.807, 2.05) is 24.1 Å². The van der Waals surface area contributed by atoms with E-state index in [-0.39, 0.29) is 5.41 Å². The van der Waals surface area contributed by atoms with Crippen molar-refractivity contribution in [2.75, 3.05) is 6.54 Å². The van der Waals surface area contributed by atoms with Gasteiger partial charge in [0.05, 0.1) is 6.33 Å². The highest BCUT2D eigenvalue weighted by molar-refractivity contribution is 5.01. The third kappa shape index (κ3) is 2.08. The fourth-order valence-corrected chi connectivity index (χ4v) is 1.12.